The molecule has 0 aliphatic rings. The largest absolute Gasteiger partial charge is 0.497 e. The van der Waals surface area contributed by atoms with Crippen LogP contribution >= 0.6 is 0 Å². The van der Waals surface area contributed by atoms with Crippen molar-refractivity contribution in [1.82, 2.24) is 15.2 Å². The fourth-order valence-corrected chi connectivity index (χ4v) is 2.98. The van der Waals surface area contributed by atoms with E-state index in [-0.39, 0.29) is 0 Å². The third-order valence-electron chi connectivity index (χ3n) is 4.53. The van der Waals surface area contributed by atoms with Gasteiger partial charge in [-0.15, -0.1) is 5.10 Å². The zero-order valence-electron chi connectivity index (χ0n) is 17.1. The second-order valence-corrected chi connectivity index (χ2v) is 6.40. The topological polar surface area (TPSA) is 81.2 Å². The Morgan fingerprint density at radius 3 is 2.28 bits per heavy atom. The number of methoxy groups -OCH3 is 1. The van der Waals surface area contributed by atoms with Crippen LogP contribution < -0.4 is 20.1 Å². The second kappa shape index (κ2) is 10.3. The van der Waals surface area contributed by atoms with Gasteiger partial charge in [-0.2, -0.15) is 10.1 Å². The lowest BCUT2D eigenvalue weighted by Crippen LogP contribution is -2.13. The van der Waals surface area contributed by atoms with Crippen LogP contribution in [0.1, 0.15) is 25.0 Å². The summed E-state index contributed by atoms with van der Waals surface area (Å²) in [5.74, 6) is 2.71. The zero-order chi connectivity index (χ0) is 20.5. The number of hydrogen-bond acceptors (Lipinski definition) is 7. The molecular weight excluding hydrogens is 366 g/mol. The van der Waals surface area contributed by atoms with Crippen molar-refractivity contribution in [2.24, 2.45) is 0 Å². The minimum absolute atomic E-state index is 0.474. The molecule has 3 rings (SSSR count). The molecule has 7 heteroatoms. The average molecular weight is 393 g/mol. The summed E-state index contributed by atoms with van der Waals surface area (Å²) >= 11 is 0. The highest BCUT2D eigenvalue weighted by Gasteiger charge is 2.09. The Labute approximate surface area is 171 Å². The van der Waals surface area contributed by atoms with E-state index in [0.717, 1.165) is 30.0 Å². The molecule has 0 amide bonds. The van der Waals surface area contributed by atoms with Crippen LogP contribution in [-0.2, 0) is 12.8 Å². The molecule has 0 saturated heterocycles. The van der Waals surface area contributed by atoms with Crippen LogP contribution in [0, 0.1) is 0 Å². The third-order valence-corrected chi connectivity index (χ3v) is 4.53. The van der Waals surface area contributed by atoms with Gasteiger partial charge in [-0.05, 0) is 48.2 Å². The van der Waals surface area contributed by atoms with Crippen molar-refractivity contribution in [1.29, 1.82) is 0 Å². The number of aromatic nitrogens is 3. The van der Waals surface area contributed by atoms with Crippen LogP contribution in [0.4, 0.5) is 17.5 Å². The number of benzene rings is 2. The Hall–Kier alpha value is -3.35. The van der Waals surface area contributed by atoms with Gasteiger partial charge in [0.25, 0.3) is 0 Å². The number of anilines is 3. The number of hydrogen-bond donors (Lipinski definition) is 2. The first-order valence-corrected chi connectivity index (χ1v) is 9.81. The van der Waals surface area contributed by atoms with Gasteiger partial charge < -0.3 is 20.1 Å². The van der Waals surface area contributed by atoms with E-state index >= 15 is 0 Å². The van der Waals surface area contributed by atoms with Crippen LogP contribution in [0.25, 0.3) is 0 Å². The number of para-hydroxylation sites is 1. The molecule has 0 aliphatic heterocycles. The summed E-state index contributed by atoms with van der Waals surface area (Å²) < 4.78 is 10.9. The van der Waals surface area contributed by atoms with Crippen LogP contribution in [0.5, 0.6) is 11.5 Å². The molecule has 7 nitrogen and oxygen atoms in total. The Morgan fingerprint density at radius 2 is 1.62 bits per heavy atom. The van der Waals surface area contributed by atoms with Crippen molar-refractivity contribution in [2.45, 2.75) is 26.7 Å². The lowest BCUT2D eigenvalue weighted by Gasteiger charge is -2.14. The van der Waals surface area contributed by atoms with Gasteiger partial charge in [-0.3, -0.25) is 0 Å². The average Bonchev–Trinajstić information content (AvgIpc) is 2.77. The molecule has 0 radical (unpaired) electrons. The third kappa shape index (κ3) is 5.57. The standard InChI is InChI=1S/C22H27N5O2/c1-4-16-7-6-8-17(5-2)21(16)26-22-25-20(15-24-27-22)23-13-14-29-19-11-9-18(28-3)10-12-19/h6-12,15H,4-5,13-14H2,1-3H3,(H2,23,25,26,27). The molecule has 2 aromatic carbocycles. The fourth-order valence-electron chi connectivity index (χ4n) is 2.98. The Morgan fingerprint density at radius 1 is 0.931 bits per heavy atom. The van der Waals surface area contributed by atoms with Crippen molar-refractivity contribution >= 4 is 17.5 Å². The first kappa shape index (κ1) is 20.4. The monoisotopic (exact) mass is 393 g/mol. The van der Waals surface area contributed by atoms with E-state index in [2.05, 4.69) is 57.9 Å². The number of nitrogens with one attached hydrogen (secondary N) is 2. The van der Waals surface area contributed by atoms with E-state index in [1.165, 1.54) is 11.1 Å². The van der Waals surface area contributed by atoms with Crippen molar-refractivity contribution in [3.63, 3.8) is 0 Å². The lowest BCUT2D eigenvalue weighted by atomic mass is 10.0. The fraction of sp³-hybridized carbons (Fsp3) is 0.318. The van der Waals surface area contributed by atoms with Gasteiger partial charge in [0.05, 0.1) is 19.9 Å². The minimum atomic E-state index is 0.474. The highest BCUT2D eigenvalue weighted by Crippen LogP contribution is 2.25. The zero-order valence-corrected chi connectivity index (χ0v) is 17.1. The normalized spacial score (nSPS) is 10.4. The molecule has 0 fully saturated rings. The van der Waals surface area contributed by atoms with Crippen molar-refractivity contribution in [3.8, 4) is 11.5 Å². The van der Waals surface area contributed by atoms with E-state index in [1.54, 1.807) is 13.3 Å². The van der Waals surface area contributed by atoms with Gasteiger partial charge in [0.15, 0.2) is 5.82 Å². The Balaban J connectivity index is 1.57. The summed E-state index contributed by atoms with van der Waals surface area (Å²) in [7, 11) is 1.64. The smallest absolute Gasteiger partial charge is 0.249 e. The molecule has 2 N–H and O–H groups in total. The van der Waals surface area contributed by atoms with Crippen LogP contribution in [0.2, 0.25) is 0 Å². The van der Waals surface area contributed by atoms with E-state index in [1.807, 2.05) is 24.3 Å². The summed E-state index contributed by atoms with van der Waals surface area (Å²) in [4.78, 5) is 4.52. The molecule has 3 aromatic rings. The molecule has 152 valence electrons. The molecule has 0 unspecified atom stereocenters. The molecule has 0 bridgehead atoms. The highest BCUT2D eigenvalue weighted by molar-refractivity contribution is 5.64. The molecule has 29 heavy (non-hydrogen) atoms. The molecule has 0 saturated carbocycles. The number of rotatable bonds is 10. The summed E-state index contributed by atoms with van der Waals surface area (Å²) in [6.07, 6.45) is 3.47. The van der Waals surface area contributed by atoms with E-state index in [4.69, 9.17) is 9.47 Å². The first-order chi connectivity index (χ1) is 14.2. The first-order valence-electron chi connectivity index (χ1n) is 9.81. The number of ether oxygens (including phenoxy) is 2. The minimum Gasteiger partial charge on any atom is -0.497 e. The predicted molar refractivity (Wildman–Crippen MR) is 115 cm³/mol. The van der Waals surface area contributed by atoms with Crippen molar-refractivity contribution < 1.29 is 9.47 Å². The van der Waals surface area contributed by atoms with Gasteiger partial charge in [-0.1, -0.05) is 32.0 Å². The van der Waals surface area contributed by atoms with Gasteiger partial charge in [0, 0.05) is 5.69 Å². The van der Waals surface area contributed by atoms with Crippen LogP contribution in [0.3, 0.4) is 0 Å². The SMILES string of the molecule is CCc1cccc(CC)c1Nc1nncc(NCCOc2ccc(OC)cc2)n1. The molecule has 0 atom stereocenters. The van der Waals surface area contributed by atoms with Gasteiger partial charge in [0.1, 0.15) is 18.1 Å². The Bertz CT molecular complexity index is 893. The van der Waals surface area contributed by atoms with E-state index in [9.17, 15) is 0 Å². The van der Waals surface area contributed by atoms with E-state index < -0.39 is 0 Å². The molecule has 0 aliphatic carbocycles. The molecule has 0 spiro atoms. The quantitative estimate of drug-likeness (QED) is 0.499. The maximum Gasteiger partial charge on any atom is 0.249 e. The van der Waals surface area contributed by atoms with Crippen molar-refractivity contribution in [2.75, 3.05) is 30.9 Å². The predicted octanol–water partition coefficient (Wildman–Crippen LogP) is 4.24. The Kier molecular flexibility index (Phi) is 7.22. The van der Waals surface area contributed by atoms with Crippen molar-refractivity contribution in [3.05, 3.63) is 59.8 Å². The second-order valence-electron chi connectivity index (χ2n) is 6.40. The molecule has 1 heterocycles. The number of nitrogens with zero attached hydrogens (tertiary/aromatic N) is 3. The van der Waals surface area contributed by atoms with Gasteiger partial charge >= 0.3 is 0 Å². The maximum atomic E-state index is 5.72. The highest BCUT2D eigenvalue weighted by atomic mass is 16.5. The van der Waals surface area contributed by atoms with Gasteiger partial charge in [0.2, 0.25) is 5.95 Å². The summed E-state index contributed by atoms with van der Waals surface area (Å²) in [5.41, 5.74) is 3.54. The molecular formula is C22H27N5O2. The maximum absolute atomic E-state index is 5.72. The lowest BCUT2D eigenvalue weighted by molar-refractivity contribution is 0.331. The number of aryl methyl sites for hydroxylation is 2. The van der Waals surface area contributed by atoms with Gasteiger partial charge in [-0.25, -0.2) is 0 Å². The summed E-state index contributed by atoms with van der Waals surface area (Å²) in [6, 6.07) is 13.8. The van der Waals surface area contributed by atoms with E-state index in [0.29, 0.717) is 24.9 Å². The summed E-state index contributed by atoms with van der Waals surface area (Å²) in [6.45, 7) is 5.37. The summed E-state index contributed by atoms with van der Waals surface area (Å²) in [5, 5.41) is 14.7. The van der Waals surface area contributed by atoms with Crippen LogP contribution in [-0.4, -0.2) is 35.4 Å². The molecule has 1 aromatic heterocycles. The van der Waals surface area contributed by atoms with Crippen LogP contribution in [0.15, 0.2) is 48.7 Å².